The molecule has 84 valence electrons. The molecule has 1 aromatic heterocycles. The molecular weight excluding hydrogens is 202 g/mol. The highest BCUT2D eigenvalue weighted by molar-refractivity contribution is 7.10. The second-order valence-electron chi connectivity index (χ2n) is 5.35. The number of hydrogen-bond acceptors (Lipinski definition) is 2. The summed E-state index contributed by atoms with van der Waals surface area (Å²) >= 11 is 1.91. The zero-order valence-corrected chi connectivity index (χ0v) is 10.7. The highest BCUT2D eigenvalue weighted by Crippen LogP contribution is 2.54. The molecule has 2 atom stereocenters. The van der Waals surface area contributed by atoms with E-state index in [2.05, 4.69) is 43.6 Å². The van der Waals surface area contributed by atoms with Crippen LogP contribution in [0.3, 0.4) is 0 Å². The van der Waals surface area contributed by atoms with E-state index in [0.29, 0.717) is 5.41 Å². The lowest BCUT2D eigenvalue weighted by atomic mass is 10.0. The third kappa shape index (κ3) is 2.43. The van der Waals surface area contributed by atoms with E-state index in [1.54, 1.807) is 4.88 Å². The van der Waals surface area contributed by atoms with Gasteiger partial charge in [-0.05, 0) is 42.8 Å². The van der Waals surface area contributed by atoms with Crippen molar-refractivity contribution in [3.63, 3.8) is 0 Å². The molecule has 1 nitrogen and oxygen atoms in total. The molecule has 1 fully saturated rings. The molecule has 0 aromatic carbocycles. The molecule has 1 aliphatic carbocycles. The van der Waals surface area contributed by atoms with Gasteiger partial charge in [0.2, 0.25) is 0 Å². The summed E-state index contributed by atoms with van der Waals surface area (Å²) in [4.78, 5) is 1.57. The van der Waals surface area contributed by atoms with Crippen LogP contribution in [-0.4, -0.2) is 13.1 Å². The zero-order valence-electron chi connectivity index (χ0n) is 9.92. The summed E-state index contributed by atoms with van der Waals surface area (Å²) in [7, 11) is 0. The minimum Gasteiger partial charge on any atom is -0.316 e. The molecule has 1 heterocycles. The fourth-order valence-corrected chi connectivity index (χ4v) is 3.18. The van der Waals surface area contributed by atoms with Crippen LogP contribution in [0.2, 0.25) is 0 Å². The number of rotatable bonds is 5. The molecule has 1 aromatic rings. The Bertz CT molecular complexity index is 304. The van der Waals surface area contributed by atoms with Crippen LogP contribution in [0.25, 0.3) is 0 Å². The van der Waals surface area contributed by atoms with E-state index in [-0.39, 0.29) is 0 Å². The van der Waals surface area contributed by atoms with Gasteiger partial charge in [-0.3, -0.25) is 0 Å². The van der Waals surface area contributed by atoms with Gasteiger partial charge in [0.15, 0.2) is 0 Å². The fourth-order valence-electron chi connectivity index (χ4n) is 2.20. The molecule has 1 aliphatic rings. The van der Waals surface area contributed by atoms with Gasteiger partial charge in [0, 0.05) is 10.3 Å². The van der Waals surface area contributed by atoms with Crippen LogP contribution in [0.15, 0.2) is 17.5 Å². The van der Waals surface area contributed by atoms with Crippen LogP contribution < -0.4 is 5.32 Å². The first-order chi connectivity index (χ1) is 7.13. The maximum Gasteiger partial charge on any atom is 0.0108 e. The Kier molecular flexibility index (Phi) is 3.17. The molecule has 2 rings (SSSR count). The average molecular weight is 223 g/mol. The van der Waals surface area contributed by atoms with Gasteiger partial charge in [0.25, 0.3) is 0 Å². The van der Waals surface area contributed by atoms with Gasteiger partial charge in [0.1, 0.15) is 0 Å². The largest absolute Gasteiger partial charge is 0.316 e. The third-order valence-electron chi connectivity index (χ3n) is 3.44. The van der Waals surface area contributed by atoms with Gasteiger partial charge in [-0.15, -0.1) is 11.3 Å². The standard InChI is InChI=1S/C13H21NS/c1-10(2)8-14-9-11-7-13(11,3)12-5-4-6-15-12/h4-6,10-11,14H,7-9H2,1-3H3/t11-,13-/m0/s1. The SMILES string of the molecule is CC(C)CNC[C@@H]1C[C@]1(C)c1cccs1. The third-order valence-corrected chi connectivity index (χ3v) is 4.59. The molecular formula is C13H21NS. The lowest BCUT2D eigenvalue weighted by Gasteiger charge is -2.10. The van der Waals surface area contributed by atoms with Crippen LogP contribution in [0, 0.1) is 11.8 Å². The van der Waals surface area contributed by atoms with Crippen LogP contribution in [0.4, 0.5) is 0 Å². The van der Waals surface area contributed by atoms with Crippen LogP contribution in [0.5, 0.6) is 0 Å². The molecule has 0 amide bonds. The Morgan fingerprint density at radius 1 is 1.60 bits per heavy atom. The predicted octanol–water partition coefficient (Wildman–Crippen LogP) is 3.27. The average Bonchev–Trinajstić information content (AvgIpc) is 2.68. The zero-order chi connectivity index (χ0) is 10.9. The smallest absolute Gasteiger partial charge is 0.0108 e. The first-order valence-electron chi connectivity index (χ1n) is 5.87. The predicted molar refractivity (Wildman–Crippen MR) is 67.5 cm³/mol. The summed E-state index contributed by atoms with van der Waals surface area (Å²) in [6.45, 7) is 9.26. The molecule has 0 spiro atoms. The van der Waals surface area contributed by atoms with Gasteiger partial charge in [0.05, 0.1) is 0 Å². The fraction of sp³-hybridized carbons (Fsp3) is 0.692. The second-order valence-corrected chi connectivity index (χ2v) is 6.30. The Morgan fingerprint density at radius 3 is 3.00 bits per heavy atom. The van der Waals surface area contributed by atoms with Crippen molar-refractivity contribution in [2.45, 2.75) is 32.6 Å². The van der Waals surface area contributed by atoms with E-state index in [1.165, 1.54) is 13.0 Å². The Morgan fingerprint density at radius 2 is 2.40 bits per heavy atom. The highest BCUT2D eigenvalue weighted by atomic mass is 32.1. The maximum atomic E-state index is 3.57. The van der Waals surface area contributed by atoms with Crippen LogP contribution in [0.1, 0.15) is 32.1 Å². The van der Waals surface area contributed by atoms with Crippen molar-refractivity contribution in [2.75, 3.05) is 13.1 Å². The van der Waals surface area contributed by atoms with Crippen molar-refractivity contribution in [3.05, 3.63) is 22.4 Å². The number of hydrogen-bond donors (Lipinski definition) is 1. The quantitative estimate of drug-likeness (QED) is 0.808. The van der Waals surface area contributed by atoms with Gasteiger partial charge in [-0.2, -0.15) is 0 Å². The van der Waals surface area contributed by atoms with Crippen molar-refractivity contribution in [1.29, 1.82) is 0 Å². The van der Waals surface area contributed by atoms with Gasteiger partial charge in [-0.25, -0.2) is 0 Å². The minimum absolute atomic E-state index is 0.484. The van der Waals surface area contributed by atoms with Crippen LogP contribution in [-0.2, 0) is 5.41 Å². The monoisotopic (exact) mass is 223 g/mol. The molecule has 0 unspecified atom stereocenters. The summed E-state index contributed by atoms with van der Waals surface area (Å²) in [5, 5.41) is 5.76. The molecule has 0 bridgehead atoms. The number of thiophene rings is 1. The molecule has 0 aliphatic heterocycles. The maximum absolute atomic E-state index is 3.57. The first kappa shape index (κ1) is 11.2. The summed E-state index contributed by atoms with van der Waals surface area (Å²) < 4.78 is 0. The van der Waals surface area contributed by atoms with E-state index in [1.807, 2.05) is 11.3 Å². The molecule has 1 N–H and O–H groups in total. The number of nitrogens with one attached hydrogen (secondary N) is 1. The van der Waals surface area contributed by atoms with E-state index in [0.717, 1.165) is 18.4 Å². The Balaban J connectivity index is 1.80. The molecule has 0 radical (unpaired) electrons. The van der Waals surface area contributed by atoms with Crippen molar-refractivity contribution < 1.29 is 0 Å². The minimum atomic E-state index is 0.484. The van der Waals surface area contributed by atoms with Crippen LogP contribution >= 0.6 is 11.3 Å². The van der Waals surface area contributed by atoms with E-state index < -0.39 is 0 Å². The Hall–Kier alpha value is -0.340. The van der Waals surface area contributed by atoms with Crippen molar-refractivity contribution in [2.24, 2.45) is 11.8 Å². The lowest BCUT2D eigenvalue weighted by molar-refractivity contribution is 0.517. The highest BCUT2D eigenvalue weighted by Gasteiger charge is 2.51. The van der Waals surface area contributed by atoms with Crippen molar-refractivity contribution in [1.82, 2.24) is 5.32 Å². The molecule has 2 heteroatoms. The normalized spacial score (nSPS) is 29.7. The van der Waals surface area contributed by atoms with Crippen molar-refractivity contribution in [3.8, 4) is 0 Å². The summed E-state index contributed by atoms with van der Waals surface area (Å²) in [5.41, 5.74) is 0.484. The lowest BCUT2D eigenvalue weighted by Crippen LogP contribution is -2.24. The van der Waals surface area contributed by atoms with Crippen molar-refractivity contribution >= 4 is 11.3 Å². The molecule has 0 saturated heterocycles. The topological polar surface area (TPSA) is 12.0 Å². The first-order valence-corrected chi connectivity index (χ1v) is 6.75. The summed E-state index contributed by atoms with van der Waals surface area (Å²) in [6, 6.07) is 4.45. The summed E-state index contributed by atoms with van der Waals surface area (Å²) in [5.74, 6) is 1.62. The second kappa shape index (κ2) is 4.26. The molecule has 1 saturated carbocycles. The van der Waals surface area contributed by atoms with E-state index in [4.69, 9.17) is 0 Å². The van der Waals surface area contributed by atoms with Gasteiger partial charge >= 0.3 is 0 Å². The molecule has 15 heavy (non-hydrogen) atoms. The van der Waals surface area contributed by atoms with Gasteiger partial charge < -0.3 is 5.32 Å². The van der Waals surface area contributed by atoms with E-state index in [9.17, 15) is 0 Å². The van der Waals surface area contributed by atoms with Gasteiger partial charge in [-0.1, -0.05) is 26.8 Å². The Labute approximate surface area is 96.9 Å². The summed E-state index contributed by atoms with van der Waals surface area (Å²) in [6.07, 6.45) is 1.36. The van der Waals surface area contributed by atoms with E-state index >= 15 is 0 Å².